The van der Waals surface area contributed by atoms with Crippen LogP contribution in [0.3, 0.4) is 0 Å². The Bertz CT molecular complexity index is 159. The van der Waals surface area contributed by atoms with Gasteiger partial charge in [-0.25, -0.2) is 0 Å². The molecule has 0 aromatic heterocycles. The van der Waals surface area contributed by atoms with E-state index in [4.69, 9.17) is 10.2 Å². The Morgan fingerprint density at radius 1 is 1.80 bits per heavy atom. The van der Waals surface area contributed by atoms with Crippen LogP contribution in [0.1, 0.15) is 13.3 Å². The van der Waals surface area contributed by atoms with Crippen LogP contribution in [-0.2, 0) is 4.79 Å². The maximum Gasteiger partial charge on any atom is 0.313 e. The summed E-state index contributed by atoms with van der Waals surface area (Å²) in [5.41, 5.74) is -0.986. The minimum absolute atomic E-state index is 0.490. The molecule has 58 valence electrons. The fourth-order valence-electron chi connectivity index (χ4n) is 1.05. The third kappa shape index (κ3) is 0.892. The molecule has 0 amide bonds. The fourth-order valence-corrected chi connectivity index (χ4v) is 1.05. The Morgan fingerprint density at radius 3 is 2.60 bits per heavy atom. The van der Waals surface area contributed by atoms with Gasteiger partial charge in [-0.05, 0) is 19.9 Å². The summed E-state index contributed by atoms with van der Waals surface area (Å²) >= 11 is 0. The first-order chi connectivity index (χ1) is 4.57. The van der Waals surface area contributed by atoms with Gasteiger partial charge < -0.3 is 10.2 Å². The quantitative estimate of drug-likeness (QED) is 0.460. The Balaban J connectivity index is 2.75. The fraction of sp³-hybridized carbons (Fsp3) is 0.833. The van der Waals surface area contributed by atoms with Crippen LogP contribution in [0.4, 0.5) is 0 Å². The van der Waals surface area contributed by atoms with E-state index in [1.165, 1.54) is 0 Å². The Morgan fingerprint density at radius 2 is 2.40 bits per heavy atom. The molecule has 0 saturated carbocycles. The smallest absolute Gasteiger partial charge is 0.313 e. The predicted molar refractivity (Wildman–Crippen MR) is 34.4 cm³/mol. The average molecular weight is 145 g/mol. The normalized spacial score (nSPS) is 40.0. The van der Waals surface area contributed by atoms with E-state index < -0.39 is 17.6 Å². The number of rotatable bonds is 1. The van der Waals surface area contributed by atoms with Gasteiger partial charge in [-0.15, -0.1) is 0 Å². The van der Waals surface area contributed by atoms with E-state index >= 15 is 0 Å². The SMILES string of the molecule is CC1(C(=O)O)CCNC1O. The topological polar surface area (TPSA) is 69.6 Å². The molecule has 1 heterocycles. The maximum atomic E-state index is 10.5. The van der Waals surface area contributed by atoms with Crippen molar-refractivity contribution >= 4 is 5.97 Å². The van der Waals surface area contributed by atoms with Gasteiger partial charge in [0, 0.05) is 0 Å². The second kappa shape index (κ2) is 2.21. The van der Waals surface area contributed by atoms with Crippen LogP contribution in [-0.4, -0.2) is 29.0 Å². The van der Waals surface area contributed by atoms with E-state index in [-0.39, 0.29) is 0 Å². The molecule has 1 aliphatic heterocycles. The summed E-state index contributed by atoms with van der Waals surface area (Å²) in [6.45, 7) is 2.12. The molecule has 2 unspecified atom stereocenters. The van der Waals surface area contributed by atoms with Gasteiger partial charge in [-0.3, -0.25) is 10.1 Å². The van der Waals surface area contributed by atoms with Gasteiger partial charge in [0.25, 0.3) is 0 Å². The summed E-state index contributed by atoms with van der Waals surface area (Å²) in [6, 6.07) is 0. The zero-order valence-electron chi connectivity index (χ0n) is 5.79. The first-order valence-corrected chi connectivity index (χ1v) is 3.22. The van der Waals surface area contributed by atoms with Gasteiger partial charge in [0.15, 0.2) is 0 Å². The summed E-state index contributed by atoms with van der Waals surface area (Å²) in [6.07, 6.45) is -0.409. The number of carbonyl (C=O) groups is 1. The van der Waals surface area contributed by atoms with E-state index in [1.807, 2.05) is 0 Å². The van der Waals surface area contributed by atoms with E-state index in [0.717, 1.165) is 0 Å². The highest BCUT2D eigenvalue weighted by Gasteiger charge is 2.44. The number of aliphatic hydroxyl groups excluding tert-OH is 1. The number of aliphatic carboxylic acids is 1. The zero-order chi connectivity index (χ0) is 7.78. The van der Waals surface area contributed by atoms with E-state index in [2.05, 4.69) is 5.32 Å². The molecule has 10 heavy (non-hydrogen) atoms. The molecule has 3 N–H and O–H groups in total. The number of hydrogen-bond acceptors (Lipinski definition) is 3. The number of aliphatic hydroxyl groups is 1. The van der Waals surface area contributed by atoms with Crippen molar-refractivity contribution in [2.45, 2.75) is 19.6 Å². The van der Waals surface area contributed by atoms with E-state index in [0.29, 0.717) is 13.0 Å². The molecule has 0 bridgehead atoms. The highest BCUT2D eigenvalue weighted by Crippen LogP contribution is 2.28. The molecule has 0 aromatic carbocycles. The standard InChI is InChI=1S/C6H11NO3/c1-6(5(9)10)2-3-7-4(6)8/h4,7-8H,2-3H2,1H3,(H,9,10). The van der Waals surface area contributed by atoms with Crippen molar-refractivity contribution in [3.63, 3.8) is 0 Å². The van der Waals surface area contributed by atoms with Crippen molar-refractivity contribution < 1.29 is 15.0 Å². The summed E-state index contributed by atoms with van der Waals surface area (Å²) in [4.78, 5) is 10.5. The minimum Gasteiger partial charge on any atom is -0.481 e. The number of carboxylic acid groups (broad SMARTS) is 1. The van der Waals surface area contributed by atoms with E-state index in [1.54, 1.807) is 6.92 Å². The Labute approximate surface area is 58.9 Å². The van der Waals surface area contributed by atoms with Crippen molar-refractivity contribution in [1.29, 1.82) is 0 Å². The predicted octanol–water partition coefficient (Wildman–Crippen LogP) is -0.611. The van der Waals surface area contributed by atoms with Gasteiger partial charge in [0.2, 0.25) is 0 Å². The molecule has 1 saturated heterocycles. The maximum absolute atomic E-state index is 10.5. The Hall–Kier alpha value is -0.610. The molecule has 2 atom stereocenters. The van der Waals surface area contributed by atoms with Gasteiger partial charge in [0.1, 0.15) is 11.6 Å². The molecule has 0 spiro atoms. The summed E-state index contributed by atoms with van der Waals surface area (Å²) in [5.74, 6) is -0.940. The number of hydrogen-bond donors (Lipinski definition) is 3. The molecule has 0 radical (unpaired) electrons. The zero-order valence-corrected chi connectivity index (χ0v) is 5.79. The molecule has 0 aromatic rings. The number of carboxylic acids is 1. The molecule has 0 aliphatic carbocycles. The minimum atomic E-state index is -0.986. The highest BCUT2D eigenvalue weighted by molar-refractivity contribution is 5.75. The summed E-state index contributed by atoms with van der Waals surface area (Å²) in [5, 5.41) is 20.4. The lowest BCUT2D eigenvalue weighted by Gasteiger charge is -2.20. The van der Waals surface area contributed by atoms with Crippen molar-refractivity contribution in [1.82, 2.24) is 5.32 Å². The van der Waals surface area contributed by atoms with E-state index in [9.17, 15) is 4.79 Å². The van der Waals surface area contributed by atoms with Crippen molar-refractivity contribution in [2.24, 2.45) is 5.41 Å². The number of nitrogens with one attached hydrogen (secondary N) is 1. The third-order valence-electron chi connectivity index (χ3n) is 2.07. The van der Waals surface area contributed by atoms with Gasteiger partial charge >= 0.3 is 5.97 Å². The van der Waals surface area contributed by atoms with Gasteiger partial charge in [0.05, 0.1) is 0 Å². The van der Waals surface area contributed by atoms with Gasteiger partial charge in [-0.1, -0.05) is 0 Å². The molecule has 4 heteroatoms. The summed E-state index contributed by atoms with van der Waals surface area (Å²) in [7, 11) is 0. The molecular formula is C6H11NO3. The Kier molecular flexibility index (Phi) is 1.66. The average Bonchev–Trinajstić information content (AvgIpc) is 2.15. The molecule has 1 fully saturated rings. The summed E-state index contributed by atoms with van der Waals surface area (Å²) < 4.78 is 0. The monoisotopic (exact) mass is 145 g/mol. The van der Waals surface area contributed by atoms with Crippen LogP contribution in [0.2, 0.25) is 0 Å². The lowest BCUT2D eigenvalue weighted by atomic mass is 9.88. The third-order valence-corrected chi connectivity index (χ3v) is 2.07. The van der Waals surface area contributed by atoms with Crippen LogP contribution in [0.15, 0.2) is 0 Å². The largest absolute Gasteiger partial charge is 0.481 e. The van der Waals surface area contributed by atoms with Crippen LogP contribution in [0.5, 0.6) is 0 Å². The lowest BCUT2D eigenvalue weighted by molar-refractivity contribution is -0.153. The van der Waals surface area contributed by atoms with Gasteiger partial charge in [-0.2, -0.15) is 0 Å². The molecule has 1 rings (SSSR count). The van der Waals surface area contributed by atoms with Crippen LogP contribution in [0.25, 0.3) is 0 Å². The highest BCUT2D eigenvalue weighted by atomic mass is 16.4. The second-order valence-electron chi connectivity index (χ2n) is 2.83. The van der Waals surface area contributed by atoms with Crippen LogP contribution >= 0.6 is 0 Å². The van der Waals surface area contributed by atoms with Crippen LogP contribution in [0, 0.1) is 5.41 Å². The molecule has 1 aliphatic rings. The lowest BCUT2D eigenvalue weighted by Crippen LogP contribution is -2.40. The molecule has 4 nitrogen and oxygen atoms in total. The van der Waals surface area contributed by atoms with Crippen LogP contribution < -0.4 is 5.32 Å². The first kappa shape index (κ1) is 7.50. The van der Waals surface area contributed by atoms with Crippen molar-refractivity contribution in [3.05, 3.63) is 0 Å². The molecular weight excluding hydrogens is 134 g/mol. The van der Waals surface area contributed by atoms with Crippen molar-refractivity contribution in [3.8, 4) is 0 Å². The second-order valence-corrected chi connectivity index (χ2v) is 2.83. The first-order valence-electron chi connectivity index (χ1n) is 3.22. The van der Waals surface area contributed by atoms with Crippen molar-refractivity contribution in [2.75, 3.05) is 6.54 Å².